The first-order chi connectivity index (χ1) is 30.7. The molecule has 0 N–H and O–H groups in total. The van der Waals surface area contributed by atoms with Gasteiger partial charge in [-0.25, -0.2) is 15.0 Å². The van der Waals surface area contributed by atoms with Crippen LogP contribution in [0.1, 0.15) is 0 Å². The van der Waals surface area contributed by atoms with E-state index in [0.29, 0.717) is 5.82 Å². The lowest BCUT2D eigenvalue weighted by atomic mass is 9.93. The largest absolute Gasteiger partial charge is 0.246 e. The summed E-state index contributed by atoms with van der Waals surface area (Å²) in [6.07, 6.45) is 0. The van der Waals surface area contributed by atoms with Crippen LogP contribution in [0.2, 0.25) is 0 Å². The average molecular weight is 826 g/mol. The maximum atomic E-state index is 5.34. The van der Waals surface area contributed by atoms with E-state index in [9.17, 15) is 0 Å². The number of benzene rings is 8. The molecule has 0 spiro atoms. The first kappa shape index (κ1) is 36.3. The second-order valence-electron chi connectivity index (χ2n) is 15.5. The Bertz CT molecular complexity index is 3540. The van der Waals surface area contributed by atoms with Crippen molar-refractivity contribution in [3.63, 3.8) is 0 Å². The molecule has 0 bridgehead atoms. The Morgan fingerprint density at radius 3 is 1.56 bits per heavy atom. The Hall–Kier alpha value is -7.57. The highest BCUT2D eigenvalue weighted by Crippen LogP contribution is 2.52. The zero-order chi connectivity index (χ0) is 41.0. The number of hydrogen-bond donors (Lipinski definition) is 0. The Labute approximate surface area is 366 Å². The summed E-state index contributed by atoms with van der Waals surface area (Å²) in [6.45, 7) is 0. The van der Waals surface area contributed by atoms with Crippen LogP contribution >= 0.6 is 22.7 Å². The molecular formula is C57H35N3S2. The first-order valence-electron chi connectivity index (χ1n) is 20.8. The van der Waals surface area contributed by atoms with Crippen molar-refractivity contribution in [2.75, 3.05) is 0 Å². The second kappa shape index (κ2) is 15.2. The third-order valence-electron chi connectivity index (χ3n) is 11.7. The van der Waals surface area contributed by atoms with Crippen molar-refractivity contribution in [1.29, 1.82) is 0 Å². The van der Waals surface area contributed by atoms with Gasteiger partial charge in [0.25, 0.3) is 0 Å². The van der Waals surface area contributed by atoms with E-state index in [2.05, 4.69) is 176 Å². The molecule has 8 aromatic carbocycles. The van der Waals surface area contributed by atoms with Gasteiger partial charge in [-0.2, -0.15) is 0 Å². The minimum absolute atomic E-state index is 0.713. The average Bonchev–Trinajstić information content (AvgIpc) is 3.95. The van der Waals surface area contributed by atoms with Crippen molar-refractivity contribution in [1.82, 2.24) is 15.0 Å². The first-order valence-corrected chi connectivity index (χ1v) is 22.4. The highest BCUT2D eigenvalue weighted by molar-refractivity contribution is 7.27. The molecule has 5 heteroatoms. The fourth-order valence-corrected chi connectivity index (χ4v) is 11.4. The van der Waals surface area contributed by atoms with Gasteiger partial charge in [-0.3, -0.25) is 0 Å². The lowest BCUT2D eigenvalue weighted by molar-refractivity contribution is 1.18. The van der Waals surface area contributed by atoms with E-state index in [0.717, 1.165) is 56.0 Å². The number of fused-ring (bicyclic) bond motifs is 6. The Morgan fingerprint density at radius 1 is 0.339 bits per heavy atom. The van der Waals surface area contributed by atoms with Gasteiger partial charge in [0.15, 0.2) is 5.82 Å². The van der Waals surface area contributed by atoms with Gasteiger partial charge in [0.2, 0.25) is 0 Å². The van der Waals surface area contributed by atoms with Crippen LogP contribution in [0, 0.1) is 0 Å². The van der Waals surface area contributed by atoms with Gasteiger partial charge in [-0.05, 0) is 34.9 Å². The van der Waals surface area contributed by atoms with Gasteiger partial charge in [-0.15, -0.1) is 22.7 Å². The minimum Gasteiger partial charge on any atom is -0.246 e. The van der Waals surface area contributed by atoms with Crippen LogP contribution in [-0.4, -0.2) is 15.0 Å². The van der Waals surface area contributed by atoms with Crippen molar-refractivity contribution >= 4 is 63.8 Å². The van der Waals surface area contributed by atoms with Gasteiger partial charge in [-0.1, -0.05) is 194 Å². The zero-order valence-electron chi connectivity index (χ0n) is 33.4. The molecule has 0 aliphatic carbocycles. The van der Waals surface area contributed by atoms with E-state index < -0.39 is 0 Å². The standard InChI is InChI=1S/C57H35N3S2/c1-4-15-38(16-5-1)48-35-49(60-57(59-48)42-19-8-3-9-20-42)39-31-27-36(28-32-39)37-29-33-40(34-30-37)51-52-45-22-10-12-25-47(45)58-53(41-17-6-2-7-18-41)56(52)62-55(51)46-24-14-23-44-43-21-11-13-26-50(43)61-54(44)46/h1-35H. The molecular weight excluding hydrogens is 791 g/mol. The van der Waals surface area contributed by atoms with Gasteiger partial charge in [0, 0.05) is 69.2 Å². The molecule has 0 saturated carbocycles. The molecule has 4 heterocycles. The van der Waals surface area contributed by atoms with Gasteiger partial charge >= 0.3 is 0 Å². The van der Waals surface area contributed by atoms with Crippen LogP contribution in [-0.2, 0) is 0 Å². The van der Waals surface area contributed by atoms with Crippen molar-refractivity contribution in [3.8, 4) is 77.9 Å². The number of aromatic nitrogens is 3. The molecule has 62 heavy (non-hydrogen) atoms. The lowest BCUT2D eigenvalue weighted by Gasteiger charge is -2.12. The van der Waals surface area contributed by atoms with Crippen LogP contribution in [0.5, 0.6) is 0 Å². The minimum atomic E-state index is 0.713. The molecule has 12 rings (SSSR count). The maximum Gasteiger partial charge on any atom is 0.160 e. The van der Waals surface area contributed by atoms with Crippen molar-refractivity contribution < 1.29 is 0 Å². The zero-order valence-corrected chi connectivity index (χ0v) is 35.0. The Balaban J connectivity index is 0.996. The lowest BCUT2D eigenvalue weighted by Crippen LogP contribution is -1.95. The summed E-state index contributed by atoms with van der Waals surface area (Å²) in [5.74, 6) is 0.713. The highest BCUT2D eigenvalue weighted by atomic mass is 32.1. The van der Waals surface area contributed by atoms with Crippen molar-refractivity contribution in [2.45, 2.75) is 0 Å². The van der Waals surface area contributed by atoms with Crippen molar-refractivity contribution in [2.24, 2.45) is 0 Å². The fourth-order valence-electron chi connectivity index (χ4n) is 8.72. The van der Waals surface area contributed by atoms with Gasteiger partial charge in [0.05, 0.1) is 27.3 Å². The third-order valence-corrected chi connectivity index (χ3v) is 14.2. The van der Waals surface area contributed by atoms with E-state index in [1.165, 1.54) is 57.2 Å². The molecule has 3 nitrogen and oxygen atoms in total. The third kappa shape index (κ3) is 6.29. The Kier molecular flexibility index (Phi) is 8.87. The molecule has 12 aromatic rings. The summed E-state index contributed by atoms with van der Waals surface area (Å²) < 4.78 is 3.82. The highest BCUT2D eigenvalue weighted by Gasteiger charge is 2.24. The van der Waals surface area contributed by atoms with Crippen molar-refractivity contribution in [3.05, 3.63) is 212 Å². The number of nitrogens with zero attached hydrogens (tertiary/aromatic N) is 3. The normalized spacial score (nSPS) is 11.5. The van der Waals surface area contributed by atoms with E-state index in [4.69, 9.17) is 15.0 Å². The predicted octanol–water partition coefficient (Wildman–Crippen LogP) is 16.3. The van der Waals surface area contributed by atoms with Gasteiger partial charge in [0.1, 0.15) is 0 Å². The quantitative estimate of drug-likeness (QED) is 0.161. The molecule has 0 radical (unpaired) electrons. The van der Waals surface area contributed by atoms with Crippen LogP contribution in [0.25, 0.3) is 119 Å². The molecule has 0 aliphatic rings. The molecule has 0 aliphatic heterocycles. The number of rotatable bonds is 7. The van der Waals surface area contributed by atoms with Crippen LogP contribution in [0.3, 0.4) is 0 Å². The monoisotopic (exact) mass is 825 g/mol. The van der Waals surface area contributed by atoms with Crippen LogP contribution < -0.4 is 0 Å². The Morgan fingerprint density at radius 2 is 0.871 bits per heavy atom. The topological polar surface area (TPSA) is 38.7 Å². The summed E-state index contributed by atoms with van der Waals surface area (Å²) in [7, 11) is 0. The fraction of sp³-hybridized carbons (Fsp3) is 0. The molecule has 0 amide bonds. The number of para-hydroxylation sites is 1. The van der Waals surface area contributed by atoms with E-state index >= 15 is 0 Å². The number of pyridine rings is 1. The van der Waals surface area contributed by atoms with E-state index in [1.807, 2.05) is 59.1 Å². The summed E-state index contributed by atoms with van der Waals surface area (Å²) in [5, 5.41) is 5.02. The summed E-state index contributed by atoms with van der Waals surface area (Å²) in [6, 6.07) is 75.4. The summed E-state index contributed by atoms with van der Waals surface area (Å²) in [5.41, 5.74) is 14.0. The van der Waals surface area contributed by atoms with Crippen LogP contribution in [0.15, 0.2) is 212 Å². The number of thiophene rings is 2. The van der Waals surface area contributed by atoms with E-state index in [1.54, 1.807) is 0 Å². The van der Waals surface area contributed by atoms with Gasteiger partial charge < -0.3 is 0 Å². The summed E-state index contributed by atoms with van der Waals surface area (Å²) >= 11 is 3.75. The van der Waals surface area contributed by atoms with Crippen LogP contribution in [0.4, 0.5) is 0 Å². The maximum absolute atomic E-state index is 5.34. The molecule has 0 unspecified atom stereocenters. The summed E-state index contributed by atoms with van der Waals surface area (Å²) in [4.78, 5) is 16.7. The molecule has 4 aromatic heterocycles. The SMILES string of the molecule is c1ccc(-c2cc(-c3ccc(-c4ccc(-c5c(-c6cccc7c6sc6ccccc67)sc6c(-c7ccccc7)nc7ccccc7c56)cc4)cc3)nc(-c3ccccc3)n2)cc1. The molecule has 290 valence electrons. The second-order valence-corrected chi connectivity index (χ2v) is 17.6. The predicted molar refractivity (Wildman–Crippen MR) is 264 cm³/mol. The van der Waals surface area contributed by atoms with E-state index in [-0.39, 0.29) is 0 Å². The molecule has 0 atom stereocenters. The molecule has 0 saturated heterocycles. The molecule has 0 fully saturated rings. The smallest absolute Gasteiger partial charge is 0.160 e. The number of hydrogen-bond acceptors (Lipinski definition) is 5.